The Morgan fingerprint density at radius 1 is 1.40 bits per heavy atom. The van der Waals surface area contributed by atoms with Crippen LogP contribution in [0.3, 0.4) is 0 Å². The SMILES string of the molecule is O=C1CCc2cc(F)c(NC(=O)C3CSCN3)cc2N1. The van der Waals surface area contributed by atoms with Crippen molar-refractivity contribution in [1.82, 2.24) is 5.32 Å². The molecule has 2 aliphatic heterocycles. The first-order chi connectivity index (χ1) is 9.63. The summed E-state index contributed by atoms with van der Waals surface area (Å²) in [5.41, 5.74) is 1.44. The molecule has 2 amide bonds. The van der Waals surface area contributed by atoms with Gasteiger partial charge in [0.1, 0.15) is 5.82 Å². The van der Waals surface area contributed by atoms with Crippen molar-refractivity contribution < 1.29 is 14.0 Å². The van der Waals surface area contributed by atoms with Crippen molar-refractivity contribution in [3.63, 3.8) is 0 Å². The number of thioether (sulfide) groups is 1. The topological polar surface area (TPSA) is 70.2 Å². The van der Waals surface area contributed by atoms with E-state index in [2.05, 4.69) is 16.0 Å². The molecule has 0 spiro atoms. The Kier molecular flexibility index (Phi) is 3.62. The third kappa shape index (κ3) is 2.64. The first-order valence-corrected chi connectivity index (χ1v) is 7.53. The second kappa shape index (κ2) is 5.41. The van der Waals surface area contributed by atoms with Gasteiger partial charge in [0.25, 0.3) is 0 Å². The number of fused-ring (bicyclic) bond motifs is 1. The zero-order chi connectivity index (χ0) is 14.1. The van der Waals surface area contributed by atoms with Crippen molar-refractivity contribution in [2.24, 2.45) is 0 Å². The quantitative estimate of drug-likeness (QED) is 0.769. The summed E-state index contributed by atoms with van der Waals surface area (Å²) in [6.45, 7) is 0. The van der Waals surface area contributed by atoms with Gasteiger partial charge in [-0.15, -0.1) is 11.8 Å². The van der Waals surface area contributed by atoms with E-state index in [1.54, 1.807) is 11.8 Å². The summed E-state index contributed by atoms with van der Waals surface area (Å²) in [6, 6.07) is 2.56. The van der Waals surface area contributed by atoms with Crippen LogP contribution in [0.25, 0.3) is 0 Å². The van der Waals surface area contributed by atoms with Crippen LogP contribution in [0.2, 0.25) is 0 Å². The van der Waals surface area contributed by atoms with E-state index in [0.717, 1.165) is 11.4 Å². The van der Waals surface area contributed by atoms with E-state index in [4.69, 9.17) is 0 Å². The molecule has 0 aliphatic carbocycles. The van der Waals surface area contributed by atoms with Crippen molar-refractivity contribution in [2.45, 2.75) is 18.9 Å². The summed E-state index contributed by atoms with van der Waals surface area (Å²) in [6.07, 6.45) is 0.883. The number of benzene rings is 1. The lowest BCUT2D eigenvalue weighted by Crippen LogP contribution is -2.37. The van der Waals surface area contributed by atoms with Crippen LogP contribution >= 0.6 is 11.8 Å². The molecule has 5 nitrogen and oxygen atoms in total. The Labute approximate surface area is 119 Å². The number of hydrogen-bond acceptors (Lipinski definition) is 4. The summed E-state index contributed by atoms with van der Waals surface area (Å²) >= 11 is 1.63. The zero-order valence-corrected chi connectivity index (χ0v) is 11.5. The Morgan fingerprint density at radius 2 is 2.25 bits per heavy atom. The minimum Gasteiger partial charge on any atom is -0.326 e. The number of amides is 2. The molecule has 3 N–H and O–H groups in total. The Morgan fingerprint density at radius 3 is 3.00 bits per heavy atom. The van der Waals surface area contributed by atoms with Gasteiger partial charge in [0.15, 0.2) is 0 Å². The standard InChI is InChI=1S/C13H14FN3O2S/c14-8-3-7-1-2-12(18)16-9(7)4-10(8)17-13(19)11-5-20-6-15-11/h3-4,11,15H,1-2,5-6H2,(H,16,18)(H,17,19). The van der Waals surface area contributed by atoms with Gasteiger partial charge >= 0.3 is 0 Å². The number of aryl methyl sites for hydroxylation is 1. The minimum absolute atomic E-state index is 0.0877. The molecule has 0 radical (unpaired) electrons. The van der Waals surface area contributed by atoms with Gasteiger partial charge in [-0.3, -0.25) is 14.9 Å². The molecule has 1 fully saturated rings. The molecule has 106 valence electrons. The van der Waals surface area contributed by atoms with Gasteiger partial charge < -0.3 is 10.6 Å². The molecular formula is C13H14FN3O2S. The maximum atomic E-state index is 14.0. The van der Waals surface area contributed by atoms with E-state index in [0.29, 0.717) is 24.3 Å². The number of carbonyl (C=O) groups is 2. The lowest BCUT2D eigenvalue weighted by molar-refractivity contribution is -0.117. The Balaban J connectivity index is 1.80. The Hall–Kier alpha value is -1.60. The van der Waals surface area contributed by atoms with Crippen LogP contribution in [0, 0.1) is 5.82 Å². The van der Waals surface area contributed by atoms with Gasteiger partial charge in [0, 0.05) is 23.7 Å². The summed E-state index contributed by atoms with van der Waals surface area (Å²) in [5, 5.41) is 8.29. The monoisotopic (exact) mass is 295 g/mol. The number of halogens is 1. The van der Waals surface area contributed by atoms with Crippen molar-refractivity contribution in [2.75, 3.05) is 22.3 Å². The largest absolute Gasteiger partial charge is 0.326 e. The fraction of sp³-hybridized carbons (Fsp3) is 0.385. The predicted octanol–water partition coefficient (Wildman–Crippen LogP) is 1.31. The average Bonchev–Trinajstić information content (AvgIpc) is 2.94. The number of rotatable bonds is 2. The van der Waals surface area contributed by atoms with Crippen LogP contribution < -0.4 is 16.0 Å². The highest BCUT2D eigenvalue weighted by molar-refractivity contribution is 7.99. The fourth-order valence-electron chi connectivity index (χ4n) is 2.28. The molecule has 3 rings (SSSR count). The van der Waals surface area contributed by atoms with Crippen LogP contribution in [0.1, 0.15) is 12.0 Å². The lowest BCUT2D eigenvalue weighted by atomic mass is 10.0. The molecule has 2 aliphatic rings. The maximum Gasteiger partial charge on any atom is 0.242 e. The summed E-state index contributed by atoms with van der Waals surface area (Å²) in [5.74, 6) is 0.584. The first kappa shape index (κ1) is 13.4. The predicted molar refractivity (Wildman–Crippen MR) is 76.2 cm³/mol. The third-order valence-electron chi connectivity index (χ3n) is 3.38. The van der Waals surface area contributed by atoms with Crippen molar-refractivity contribution in [3.8, 4) is 0 Å². The summed E-state index contributed by atoms with van der Waals surface area (Å²) < 4.78 is 14.0. The van der Waals surface area contributed by atoms with E-state index < -0.39 is 5.82 Å². The number of hydrogen-bond donors (Lipinski definition) is 3. The Bertz CT molecular complexity index is 573. The van der Waals surface area contributed by atoms with E-state index in [1.807, 2.05) is 0 Å². The van der Waals surface area contributed by atoms with E-state index in [9.17, 15) is 14.0 Å². The van der Waals surface area contributed by atoms with Gasteiger partial charge in [-0.1, -0.05) is 0 Å². The molecule has 1 aromatic rings. The normalized spacial score (nSPS) is 21.2. The fourth-order valence-corrected chi connectivity index (χ4v) is 3.22. The van der Waals surface area contributed by atoms with Gasteiger partial charge in [0.2, 0.25) is 11.8 Å². The summed E-state index contributed by atoms with van der Waals surface area (Å²) in [7, 11) is 0. The molecule has 20 heavy (non-hydrogen) atoms. The molecule has 0 aromatic heterocycles. The maximum absolute atomic E-state index is 14.0. The van der Waals surface area contributed by atoms with Gasteiger partial charge in [-0.2, -0.15) is 0 Å². The molecule has 0 bridgehead atoms. The molecule has 2 heterocycles. The highest BCUT2D eigenvalue weighted by Crippen LogP contribution is 2.28. The van der Waals surface area contributed by atoms with Crippen molar-refractivity contribution in [1.29, 1.82) is 0 Å². The second-order valence-corrected chi connectivity index (χ2v) is 5.83. The van der Waals surface area contributed by atoms with Crippen LogP contribution in [-0.2, 0) is 16.0 Å². The number of nitrogens with one attached hydrogen (secondary N) is 3. The van der Waals surface area contributed by atoms with Crippen molar-refractivity contribution >= 4 is 35.0 Å². The van der Waals surface area contributed by atoms with E-state index in [-0.39, 0.29) is 23.5 Å². The highest BCUT2D eigenvalue weighted by atomic mass is 32.2. The van der Waals surface area contributed by atoms with Gasteiger partial charge in [-0.25, -0.2) is 4.39 Å². The number of carbonyl (C=O) groups excluding carboxylic acids is 2. The van der Waals surface area contributed by atoms with Crippen molar-refractivity contribution in [3.05, 3.63) is 23.5 Å². The average molecular weight is 295 g/mol. The molecule has 1 saturated heterocycles. The van der Waals surface area contributed by atoms with Crippen LogP contribution in [0.5, 0.6) is 0 Å². The smallest absolute Gasteiger partial charge is 0.242 e. The molecular weight excluding hydrogens is 281 g/mol. The van der Waals surface area contributed by atoms with Gasteiger partial charge in [0.05, 0.1) is 11.7 Å². The second-order valence-electron chi connectivity index (χ2n) is 4.80. The minimum atomic E-state index is -0.473. The lowest BCUT2D eigenvalue weighted by Gasteiger charge is -2.19. The van der Waals surface area contributed by atoms with Gasteiger partial charge in [-0.05, 0) is 24.1 Å². The molecule has 7 heteroatoms. The van der Waals surface area contributed by atoms with Crippen LogP contribution in [0.15, 0.2) is 12.1 Å². The van der Waals surface area contributed by atoms with Crippen LogP contribution in [0.4, 0.5) is 15.8 Å². The zero-order valence-electron chi connectivity index (χ0n) is 10.7. The highest BCUT2D eigenvalue weighted by Gasteiger charge is 2.24. The first-order valence-electron chi connectivity index (χ1n) is 6.38. The third-order valence-corrected chi connectivity index (χ3v) is 4.32. The molecule has 1 unspecified atom stereocenters. The number of anilines is 2. The van der Waals surface area contributed by atoms with E-state index >= 15 is 0 Å². The molecule has 1 atom stereocenters. The van der Waals surface area contributed by atoms with E-state index in [1.165, 1.54) is 12.1 Å². The summed E-state index contributed by atoms with van der Waals surface area (Å²) in [4.78, 5) is 23.3. The van der Waals surface area contributed by atoms with Crippen LogP contribution in [-0.4, -0.2) is 29.5 Å². The molecule has 0 saturated carbocycles. The molecule has 1 aromatic carbocycles.